The quantitative estimate of drug-likeness (QED) is 0.211. The van der Waals surface area contributed by atoms with Crippen LogP contribution in [0.5, 0.6) is 0 Å². The van der Waals surface area contributed by atoms with Crippen LogP contribution >= 0.6 is 0 Å². The number of ether oxygens (including phenoxy) is 2. The Kier molecular flexibility index (Phi) is 12.7. The van der Waals surface area contributed by atoms with Crippen LogP contribution in [0.1, 0.15) is 45.1 Å². The van der Waals surface area contributed by atoms with Crippen LogP contribution in [0.25, 0.3) is 0 Å². The molecule has 6 heteroatoms. The maximum atomic E-state index is 5.71. The van der Waals surface area contributed by atoms with E-state index in [-0.39, 0.29) is 0 Å². The van der Waals surface area contributed by atoms with Gasteiger partial charge in [-0.15, -0.1) is 0 Å². The predicted molar refractivity (Wildman–Crippen MR) is 182 cm³/mol. The van der Waals surface area contributed by atoms with Crippen molar-refractivity contribution in [3.05, 3.63) is 113 Å². The Labute approximate surface area is 259 Å². The van der Waals surface area contributed by atoms with E-state index in [1.807, 2.05) is 26.0 Å². The van der Waals surface area contributed by atoms with Gasteiger partial charge in [-0.1, -0.05) is 60.7 Å². The van der Waals surface area contributed by atoms with Gasteiger partial charge in [-0.3, -0.25) is 4.99 Å². The largest absolute Gasteiger partial charge is 0.494 e. The molecule has 2 aliphatic heterocycles. The maximum absolute atomic E-state index is 5.71. The highest BCUT2D eigenvalue weighted by atomic mass is 16.5. The highest BCUT2D eigenvalue weighted by molar-refractivity contribution is 6.17. The summed E-state index contributed by atoms with van der Waals surface area (Å²) >= 11 is 0. The summed E-state index contributed by atoms with van der Waals surface area (Å²) in [7, 11) is 0. The lowest BCUT2D eigenvalue weighted by Gasteiger charge is -2.24. The molecule has 1 aromatic rings. The number of nitrogens with zero attached hydrogens (tertiary/aromatic N) is 3. The Bertz CT molecular complexity index is 1300. The molecule has 1 fully saturated rings. The van der Waals surface area contributed by atoms with Crippen LogP contribution in [0.3, 0.4) is 0 Å². The summed E-state index contributed by atoms with van der Waals surface area (Å²) in [6, 6.07) is 8.96. The second-order valence-electron chi connectivity index (χ2n) is 11.3. The first kappa shape index (κ1) is 32.3. The normalized spacial score (nSPS) is 20.1. The van der Waals surface area contributed by atoms with Crippen LogP contribution < -0.4 is 10.2 Å². The number of aryl methyl sites for hydroxylation is 1. The van der Waals surface area contributed by atoms with Crippen LogP contribution in [0, 0.1) is 6.92 Å². The van der Waals surface area contributed by atoms with Crippen molar-refractivity contribution in [1.29, 1.82) is 0 Å². The highest BCUT2D eigenvalue weighted by Gasteiger charge is 2.21. The minimum Gasteiger partial charge on any atom is -0.494 e. The third kappa shape index (κ3) is 9.97. The molecular formula is C37H50N4O2. The van der Waals surface area contributed by atoms with E-state index in [1.165, 1.54) is 36.2 Å². The summed E-state index contributed by atoms with van der Waals surface area (Å²) in [5.41, 5.74) is 8.80. The minimum absolute atomic E-state index is 0.498. The monoisotopic (exact) mass is 582 g/mol. The molecule has 0 bridgehead atoms. The number of hydrogen-bond acceptors (Lipinski definition) is 6. The molecule has 0 unspecified atom stereocenters. The molecule has 1 saturated heterocycles. The van der Waals surface area contributed by atoms with Gasteiger partial charge >= 0.3 is 0 Å². The van der Waals surface area contributed by atoms with Crippen LogP contribution in [-0.4, -0.2) is 69.7 Å². The molecule has 6 nitrogen and oxygen atoms in total. The molecule has 0 radical (unpaired) electrons. The van der Waals surface area contributed by atoms with E-state index in [2.05, 4.69) is 83.8 Å². The van der Waals surface area contributed by atoms with E-state index in [4.69, 9.17) is 14.5 Å². The van der Waals surface area contributed by atoms with Crippen molar-refractivity contribution in [3.63, 3.8) is 0 Å². The molecule has 3 aliphatic rings. The molecule has 1 N–H and O–H groups in total. The molecule has 0 spiro atoms. The zero-order chi connectivity index (χ0) is 30.4. The topological polar surface area (TPSA) is 49.3 Å². The van der Waals surface area contributed by atoms with Crippen molar-refractivity contribution in [2.45, 2.75) is 46.5 Å². The van der Waals surface area contributed by atoms with Crippen molar-refractivity contribution in [3.8, 4) is 0 Å². The molecule has 230 valence electrons. The molecular weight excluding hydrogens is 532 g/mol. The van der Waals surface area contributed by atoms with Gasteiger partial charge in [0.2, 0.25) is 0 Å². The molecule has 0 atom stereocenters. The van der Waals surface area contributed by atoms with Crippen molar-refractivity contribution < 1.29 is 9.47 Å². The molecule has 0 saturated carbocycles. The maximum Gasteiger partial charge on any atom is 0.112 e. The lowest BCUT2D eigenvalue weighted by Crippen LogP contribution is -2.31. The standard InChI is InChI=1S/C37H50N4O2/c1-6-42-26-20-36-35(27-31(5)43-7-2)37(38-28-30(4)39-36)33-13-8-11-32(16-17-33)12-9-21-40-22-10-23-41(25-24-40)34-18-14-29(3)15-19-34/h8,13-20,27,39H,4-7,9-12,21-26,28H2,1-3H3/b35-27+,36-20+. The first-order chi connectivity index (χ1) is 21.0. The zero-order valence-corrected chi connectivity index (χ0v) is 26.5. The van der Waals surface area contributed by atoms with Crippen LogP contribution in [0.15, 0.2) is 113 Å². The van der Waals surface area contributed by atoms with E-state index < -0.39 is 0 Å². The van der Waals surface area contributed by atoms with E-state index in [1.54, 1.807) is 0 Å². The summed E-state index contributed by atoms with van der Waals surface area (Å²) in [6.45, 7) is 22.3. The van der Waals surface area contributed by atoms with Crippen molar-refractivity contribution >= 4 is 11.4 Å². The number of aliphatic imine (C=N–C) groups is 1. The second-order valence-corrected chi connectivity index (χ2v) is 11.3. The molecule has 1 aromatic carbocycles. The lowest BCUT2D eigenvalue weighted by molar-refractivity contribution is 0.177. The lowest BCUT2D eigenvalue weighted by atomic mass is 9.98. The fourth-order valence-electron chi connectivity index (χ4n) is 5.64. The SMILES string of the molecule is C=C1CN=C(C2=CC=C(CCCN3CCCN(c4ccc(C)cc4)CC3)CC=C2)C(=C/C(=C)OCC)/C(=C\COCC)N1. The molecule has 43 heavy (non-hydrogen) atoms. The van der Waals surface area contributed by atoms with Gasteiger partial charge in [-0.2, -0.15) is 0 Å². The average molecular weight is 583 g/mol. The third-order valence-corrected chi connectivity index (χ3v) is 7.94. The Balaban J connectivity index is 1.41. The number of rotatable bonds is 12. The fraction of sp³-hybridized carbons (Fsp3) is 0.432. The number of nitrogens with one attached hydrogen (secondary N) is 1. The molecule has 0 amide bonds. The number of allylic oxidation sites excluding steroid dienone is 8. The first-order valence-corrected chi connectivity index (χ1v) is 15.9. The van der Waals surface area contributed by atoms with Gasteiger partial charge in [-0.25, -0.2) is 0 Å². The smallest absolute Gasteiger partial charge is 0.112 e. The number of benzene rings is 1. The van der Waals surface area contributed by atoms with Gasteiger partial charge in [0.15, 0.2) is 0 Å². The molecule has 1 aliphatic carbocycles. The predicted octanol–water partition coefficient (Wildman–Crippen LogP) is 7.05. The Morgan fingerprint density at radius 1 is 1.07 bits per heavy atom. The van der Waals surface area contributed by atoms with Crippen LogP contribution in [-0.2, 0) is 9.47 Å². The Morgan fingerprint density at radius 2 is 1.91 bits per heavy atom. The Morgan fingerprint density at radius 3 is 2.70 bits per heavy atom. The van der Waals surface area contributed by atoms with Crippen molar-refractivity contribution in [1.82, 2.24) is 10.2 Å². The van der Waals surface area contributed by atoms with Gasteiger partial charge in [0.25, 0.3) is 0 Å². The minimum atomic E-state index is 0.498. The summed E-state index contributed by atoms with van der Waals surface area (Å²) in [6.07, 6.45) is 17.4. The summed E-state index contributed by atoms with van der Waals surface area (Å²) in [5.74, 6) is 0.603. The van der Waals surface area contributed by atoms with Gasteiger partial charge in [0.1, 0.15) is 5.76 Å². The van der Waals surface area contributed by atoms with E-state index in [9.17, 15) is 0 Å². The van der Waals surface area contributed by atoms with Crippen molar-refractivity contribution in [2.75, 3.05) is 64.0 Å². The van der Waals surface area contributed by atoms with Crippen LogP contribution in [0.2, 0.25) is 0 Å². The summed E-state index contributed by atoms with van der Waals surface area (Å²) < 4.78 is 11.3. The van der Waals surface area contributed by atoms with E-state index in [0.717, 1.165) is 67.3 Å². The number of anilines is 1. The second kappa shape index (κ2) is 16.9. The molecule has 0 aromatic heterocycles. The first-order valence-electron chi connectivity index (χ1n) is 15.9. The van der Waals surface area contributed by atoms with Gasteiger partial charge in [0.05, 0.1) is 25.5 Å². The van der Waals surface area contributed by atoms with Crippen LogP contribution in [0.4, 0.5) is 5.69 Å². The van der Waals surface area contributed by atoms with Gasteiger partial charge < -0.3 is 24.6 Å². The fourth-order valence-corrected chi connectivity index (χ4v) is 5.64. The molecule has 4 rings (SSSR count). The van der Waals surface area contributed by atoms with Crippen molar-refractivity contribution in [2.24, 2.45) is 4.99 Å². The average Bonchev–Trinajstić information content (AvgIpc) is 3.43. The number of hydrogen-bond donors (Lipinski definition) is 1. The van der Waals surface area contributed by atoms with Gasteiger partial charge in [0, 0.05) is 54.5 Å². The Hall–Kier alpha value is -3.61. The van der Waals surface area contributed by atoms with Gasteiger partial charge in [-0.05, 0) is 83.8 Å². The zero-order valence-electron chi connectivity index (χ0n) is 26.5. The summed E-state index contributed by atoms with van der Waals surface area (Å²) in [4.78, 5) is 10.2. The van der Waals surface area contributed by atoms with E-state index >= 15 is 0 Å². The third-order valence-electron chi connectivity index (χ3n) is 7.94. The molecule has 2 heterocycles. The highest BCUT2D eigenvalue weighted by Crippen LogP contribution is 2.26. The van der Waals surface area contributed by atoms with E-state index in [0.29, 0.717) is 32.1 Å². The summed E-state index contributed by atoms with van der Waals surface area (Å²) in [5, 5.41) is 3.44.